The zero-order valence-corrected chi connectivity index (χ0v) is 15.1. The van der Waals surface area contributed by atoms with Crippen molar-refractivity contribution in [2.24, 2.45) is 0 Å². The summed E-state index contributed by atoms with van der Waals surface area (Å²) < 4.78 is 27.0. The molecule has 2 N–H and O–H groups in total. The summed E-state index contributed by atoms with van der Waals surface area (Å²) in [4.78, 5) is 37.2. The van der Waals surface area contributed by atoms with Gasteiger partial charge in [-0.1, -0.05) is 12.1 Å². The van der Waals surface area contributed by atoms with Gasteiger partial charge in [-0.2, -0.15) is 0 Å². The second kappa shape index (κ2) is 8.22. The number of hydrogen-bond acceptors (Lipinski definition) is 4. The van der Waals surface area contributed by atoms with Crippen LogP contribution in [0.15, 0.2) is 54.1 Å². The molecule has 1 aliphatic rings. The Morgan fingerprint density at radius 1 is 1.00 bits per heavy atom. The Labute approximate surface area is 164 Å². The van der Waals surface area contributed by atoms with Crippen LogP contribution in [0.3, 0.4) is 0 Å². The fourth-order valence-electron chi connectivity index (χ4n) is 3.30. The molecule has 0 aliphatic carbocycles. The van der Waals surface area contributed by atoms with Crippen LogP contribution in [0.2, 0.25) is 0 Å². The van der Waals surface area contributed by atoms with Crippen molar-refractivity contribution < 1.29 is 33.4 Å². The molecule has 0 spiro atoms. The first-order valence-corrected chi connectivity index (χ1v) is 8.81. The third-order valence-corrected chi connectivity index (χ3v) is 4.61. The maximum atomic E-state index is 13.8. The van der Waals surface area contributed by atoms with E-state index in [0.29, 0.717) is 0 Å². The van der Waals surface area contributed by atoms with Gasteiger partial charge in [0.1, 0.15) is 17.4 Å². The van der Waals surface area contributed by atoms with Gasteiger partial charge < -0.3 is 15.1 Å². The lowest BCUT2D eigenvalue weighted by atomic mass is 9.95. The molecule has 0 aromatic heterocycles. The van der Waals surface area contributed by atoms with Crippen LogP contribution in [0.25, 0.3) is 5.76 Å². The molecule has 3 rings (SSSR count). The van der Waals surface area contributed by atoms with Gasteiger partial charge in [0.2, 0.25) is 0 Å². The highest BCUT2D eigenvalue weighted by atomic mass is 19.1. The number of carbonyl (C=O) groups is 3. The monoisotopic (exact) mass is 401 g/mol. The van der Waals surface area contributed by atoms with Gasteiger partial charge in [0.15, 0.2) is 0 Å². The molecule has 2 aromatic carbocycles. The molecule has 1 fully saturated rings. The number of likely N-dealkylation sites (tertiary alicyclic amines) is 1. The lowest BCUT2D eigenvalue weighted by Crippen LogP contribution is -2.31. The van der Waals surface area contributed by atoms with Crippen molar-refractivity contribution in [3.63, 3.8) is 0 Å². The van der Waals surface area contributed by atoms with Crippen molar-refractivity contribution >= 4 is 23.4 Å². The first-order valence-electron chi connectivity index (χ1n) is 8.81. The second-order valence-electron chi connectivity index (χ2n) is 6.55. The molecule has 29 heavy (non-hydrogen) atoms. The topological polar surface area (TPSA) is 94.9 Å². The van der Waals surface area contributed by atoms with Gasteiger partial charge in [-0.25, -0.2) is 8.78 Å². The number of Topliss-reactive ketones (excluding diaryl/α,β-unsaturated/α-hetero) is 1. The maximum absolute atomic E-state index is 13.8. The zero-order chi connectivity index (χ0) is 21.1. The Morgan fingerprint density at radius 3 is 2.31 bits per heavy atom. The average Bonchev–Trinajstić information content (AvgIpc) is 2.93. The van der Waals surface area contributed by atoms with Gasteiger partial charge in [-0.3, -0.25) is 14.4 Å². The van der Waals surface area contributed by atoms with Crippen LogP contribution < -0.4 is 0 Å². The van der Waals surface area contributed by atoms with E-state index in [1.165, 1.54) is 30.3 Å². The predicted octanol–water partition coefficient (Wildman–Crippen LogP) is 3.25. The number of nitrogens with zero attached hydrogens (tertiary/aromatic N) is 1. The molecular formula is C21H17F2NO5. The van der Waals surface area contributed by atoms with Crippen LogP contribution in [0.4, 0.5) is 8.78 Å². The van der Waals surface area contributed by atoms with E-state index in [9.17, 15) is 28.3 Å². The number of hydrogen-bond donors (Lipinski definition) is 2. The predicted molar refractivity (Wildman–Crippen MR) is 98.7 cm³/mol. The standard InChI is InChI=1S/C21H17F2NO5/c22-14-8-6-12(7-9-14)19(27)17-18(13-3-1-4-15(23)11-13)24(21(29)20(17)28)10-2-5-16(25)26/h1,3-4,6-9,11,18,27H,2,5,10H2,(H,25,26)/b19-17+/t18-/m1/s1. The van der Waals surface area contributed by atoms with Crippen molar-refractivity contribution in [2.45, 2.75) is 18.9 Å². The zero-order valence-electron chi connectivity index (χ0n) is 15.1. The lowest BCUT2D eigenvalue weighted by Gasteiger charge is -2.25. The number of halogens is 2. The minimum atomic E-state index is -1.09. The van der Waals surface area contributed by atoms with Crippen molar-refractivity contribution in [1.29, 1.82) is 0 Å². The fraction of sp³-hybridized carbons (Fsp3) is 0.190. The molecule has 1 heterocycles. The Hall–Kier alpha value is -3.55. The van der Waals surface area contributed by atoms with Crippen molar-refractivity contribution in [1.82, 2.24) is 4.90 Å². The van der Waals surface area contributed by atoms with E-state index in [-0.39, 0.29) is 36.1 Å². The van der Waals surface area contributed by atoms with E-state index in [4.69, 9.17) is 5.11 Å². The Morgan fingerprint density at radius 2 is 1.69 bits per heavy atom. The molecule has 6 nitrogen and oxygen atoms in total. The van der Waals surface area contributed by atoms with Crippen LogP contribution in [-0.4, -0.2) is 39.3 Å². The van der Waals surface area contributed by atoms with E-state index in [0.717, 1.165) is 23.1 Å². The first kappa shape index (κ1) is 20.2. The summed E-state index contributed by atoms with van der Waals surface area (Å²) in [6.45, 7) is -0.0712. The number of benzene rings is 2. The number of rotatable bonds is 6. The molecule has 150 valence electrons. The van der Waals surface area contributed by atoms with Crippen LogP contribution in [0, 0.1) is 11.6 Å². The molecule has 0 bridgehead atoms. The van der Waals surface area contributed by atoms with E-state index < -0.39 is 41.1 Å². The number of ketones is 1. The number of carboxylic acid groups (broad SMARTS) is 1. The number of amides is 1. The minimum Gasteiger partial charge on any atom is -0.507 e. The van der Waals surface area contributed by atoms with Crippen molar-refractivity contribution in [3.05, 3.63) is 76.9 Å². The Bertz CT molecular complexity index is 1000. The lowest BCUT2D eigenvalue weighted by molar-refractivity contribution is -0.140. The fourth-order valence-corrected chi connectivity index (χ4v) is 3.30. The SMILES string of the molecule is O=C(O)CCCN1C(=O)C(=O)/C(=C(/O)c2ccc(F)cc2)[C@H]1c1cccc(F)c1. The number of aliphatic carboxylic acids is 1. The molecule has 8 heteroatoms. The molecular weight excluding hydrogens is 384 g/mol. The van der Waals surface area contributed by atoms with Gasteiger partial charge in [0.05, 0.1) is 11.6 Å². The highest BCUT2D eigenvalue weighted by Crippen LogP contribution is 2.39. The van der Waals surface area contributed by atoms with Crippen LogP contribution in [0.5, 0.6) is 0 Å². The van der Waals surface area contributed by atoms with E-state index in [1.807, 2.05) is 0 Å². The van der Waals surface area contributed by atoms with Gasteiger partial charge in [0.25, 0.3) is 11.7 Å². The molecule has 1 atom stereocenters. The summed E-state index contributed by atoms with van der Waals surface area (Å²) >= 11 is 0. The average molecular weight is 401 g/mol. The number of aliphatic hydroxyl groups is 1. The van der Waals surface area contributed by atoms with Gasteiger partial charge in [-0.15, -0.1) is 0 Å². The van der Waals surface area contributed by atoms with Crippen molar-refractivity contribution in [3.8, 4) is 0 Å². The third kappa shape index (κ3) is 4.16. The van der Waals surface area contributed by atoms with E-state index in [2.05, 4.69) is 0 Å². The van der Waals surface area contributed by atoms with E-state index in [1.54, 1.807) is 0 Å². The molecule has 0 saturated carbocycles. The van der Waals surface area contributed by atoms with Gasteiger partial charge in [-0.05, 0) is 48.4 Å². The third-order valence-electron chi connectivity index (χ3n) is 4.61. The van der Waals surface area contributed by atoms with Crippen LogP contribution in [0.1, 0.15) is 30.0 Å². The minimum absolute atomic E-state index is 0.0712. The highest BCUT2D eigenvalue weighted by molar-refractivity contribution is 6.46. The Kier molecular flexibility index (Phi) is 5.72. The summed E-state index contributed by atoms with van der Waals surface area (Å²) in [5.41, 5.74) is 0.113. The number of aliphatic hydroxyl groups excluding tert-OH is 1. The smallest absolute Gasteiger partial charge is 0.303 e. The molecule has 0 radical (unpaired) electrons. The van der Waals surface area contributed by atoms with Gasteiger partial charge in [0, 0.05) is 18.5 Å². The van der Waals surface area contributed by atoms with Gasteiger partial charge >= 0.3 is 5.97 Å². The second-order valence-corrected chi connectivity index (χ2v) is 6.55. The normalized spacial score (nSPS) is 18.3. The molecule has 1 aliphatic heterocycles. The summed E-state index contributed by atoms with van der Waals surface area (Å²) in [7, 11) is 0. The number of carboxylic acids is 1. The first-order chi connectivity index (χ1) is 13.8. The quantitative estimate of drug-likeness (QED) is 0.440. The van der Waals surface area contributed by atoms with Crippen molar-refractivity contribution in [2.75, 3.05) is 6.54 Å². The summed E-state index contributed by atoms with van der Waals surface area (Å²) in [5.74, 6) is -4.61. The van der Waals surface area contributed by atoms with Crippen LogP contribution in [-0.2, 0) is 14.4 Å². The summed E-state index contributed by atoms with van der Waals surface area (Å²) in [6.07, 6.45) is -0.151. The highest BCUT2D eigenvalue weighted by Gasteiger charge is 2.45. The molecule has 0 unspecified atom stereocenters. The summed E-state index contributed by atoms with van der Waals surface area (Å²) in [6, 6.07) is 8.84. The largest absolute Gasteiger partial charge is 0.507 e. The number of carbonyl (C=O) groups excluding carboxylic acids is 2. The van der Waals surface area contributed by atoms with E-state index >= 15 is 0 Å². The van der Waals surface area contributed by atoms with Crippen LogP contribution >= 0.6 is 0 Å². The summed E-state index contributed by atoms with van der Waals surface area (Å²) in [5, 5.41) is 19.5. The Balaban J connectivity index is 2.10. The molecule has 1 saturated heterocycles. The molecule has 1 amide bonds. The maximum Gasteiger partial charge on any atom is 0.303 e. The molecule has 2 aromatic rings.